The van der Waals surface area contributed by atoms with Crippen LogP contribution in [-0.4, -0.2) is 49.3 Å². The zero-order chi connectivity index (χ0) is 26.4. The van der Waals surface area contributed by atoms with Crippen molar-refractivity contribution in [3.63, 3.8) is 0 Å². The molecule has 3 aromatic rings. The summed E-state index contributed by atoms with van der Waals surface area (Å²) < 4.78 is 54.0. The molecule has 2 heterocycles. The quantitative estimate of drug-likeness (QED) is 0.351. The van der Waals surface area contributed by atoms with Crippen LogP contribution in [0.15, 0.2) is 45.1 Å². The second kappa shape index (κ2) is 10.00. The average molecular weight is 614 g/mol. The highest BCUT2D eigenvalue weighted by Gasteiger charge is 2.33. The van der Waals surface area contributed by atoms with Gasteiger partial charge in [0.25, 0.3) is 0 Å². The summed E-state index contributed by atoms with van der Waals surface area (Å²) in [4.78, 5) is 4.81. The molecule has 1 aliphatic rings. The van der Waals surface area contributed by atoms with Crippen molar-refractivity contribution in [3.8, 4) is 5.69 Å². The number of aliphatic imine (C=N–C) groups is 1. The fourth-order valence-electron chi connectivity index (χ4n) is 4.32. The lowest BCUT2D eigenvalue weighted by molar-refractivity contribution is 0.596. The van der Waals surface area contributed by atoms with Gasteiger partial charge < -0.3 is 0 Å². The Labute approximate surface area is 224 Å². The topological polar surface area (TPSA) is 111 Å². The Balaban J connectivity index is 2.21. The van der Waals surface area contributed by atoms with Crippen LogP contribution in [0.4, 0.5) is 0 Å². The minimum Gasteiger partial charge on any atom is -0.278 e. The van der Waals surface area contributed by atoms with Crippen molar-refractivity contribution in [1.29, 1.82) is 0 Å². The molecule has 0 N–H and O–H groups in total. The average Bonchev–Trinajstić information content (AvgIpc) is 3.18. The van der Waals surface area contributed by atoms with E-state index < -0.39 is 19.7 Å². The summed E-state index contributed by atoms with van der Waals surface area (Å²) in [6.45, 7) is 5.58. The molecule has 8 nitrogen and oxygen atoms in total. The first kappa shape index (κ1) is 27.0. The fourth-order valence-corrected chi connectivity index (χ4v) is 6.72. The molecule has 0 radical (unpaired) electrons. The van der Waals surface area contributed by atoms with E-state index in [2.05, 4.69) is 26.1 Å². The molecule has 0 amide bonds. The summed E-state index contributed by atoms with van der Waals surface area (Å²) >= 11 is 9.99. The lowest BCUT2D eigenvalue weighted by Crippen LogP contribution is -2.19. The van der Waals surface area contributed by atoms with Crippen molar-refractivity contribution in [2.24, 2.45) is 4.99 Å². The van der Waals surface area contributed by atoms with E-state index in [0.29, 0.717) is 52.0 Å². The number of alkyl halides is 1. The van der Waals surface area contributed by atoms with Crippen molar-refractivity contribution < 1.29 is 16.8 Å². The molecular formula is C24H26BrClN4O4S2. The van der Waals surface area contributed by atoms with Gasteiger partial charge in [-0.3, -0.25) is 9.56 Å². The first-order valence-corrected chi connectivity index (χ1v) is 16.3. The Kier molecular flexibility index (Phi) is 7.49. The number of sulfone groups is 2. The Morgan fingerprint density at radius 3 is 2.36 bits per heavy atom. The molecule has 0 spiro atoms. The Morgan fingerprint density at radius 2 is 1.75 bits per heavy atom. The maximum Gasteiger partial charge on any atom is 0.178 e. The highest BCUT2D eigenvalue weighted by Crippen LogP contribution is 2.38. The number of halogens is 2. The highest BCUT2D eigenvalue weighted by molar-refractivity contribution is 9.09. The number of aromatic nitrogens is 3. The fraction of sp³-hybridized carbons (Fsp3) is 0.375. The van der Waals surface area contributed by atoms with E-state index in [1.165, 1.54) is 12.1 Å². The molecule has 0 fully saturated rings. The van der Waals surface area contributed by atoms with Crippen LogP contribution >= 0.6 is 27.5 Å². The third kappa shape index (κ3) is 4.66. The van der Waals surface area contributed by atoms with Crippen LogP contribution < -0.4 is 0 Å². The SMILES string of the molecule is CCc1ccc(S(C)(=O)=O)c2c1C(c1cc(Cl)ccc1S(=O)(=O)CC)=NCc1nnc(C(Br)CC)n1-2. The Hall–Kier alpha value is -2.08. The van der Waals surface area contributed by atoms with Crippen LogP contribution in [0.25, 0.3) is 5.69 Å². The number of hydrogen-bond donors (Lipinski definition) is 0. The van der Waals surface area contributed by atoms with Crippen LogP contribution in [0, 0.1) is 0 Å². The van der Waals surface area contributed by atoms with Crippen LogP contribution in [0.1, 0.15) is 60.4 Å². The second-order valence-electron chi connectivity index (χ2n) is 8.47. The van der Waals surface area contributed by atoms with Gasteiger partial charge in [-0.05, 0) is 42.7 Å². The van der Waals surface area contributed by atoms with Gasteiger partial charge >= 0.3 is 0 Å². The third-order valence-corrected chi connectivity index (χ3v) is 10.4. The van der Waals surface area contributed by atoms with E-state index in [-0.39, 0.29) is 26.9 Å². The molecular weight excluding hydrogens is 588 g/mol. The normalized spacial score (nSPS) is 14.6. The summed E-state index contributed by atoms with van der Waals surface area (Å²) in [6, 6.07) is 7.92. The maximum atomic E-state index is 13.1. The van der Waals surface area contributed by atoms with Crippen molar-refractivity contribution in [2.45, 2.75) is 54.8 Å². The zero-order valence-electron chi connectivity index (χ0n) is 20.3. The molecule has 0 saturated carbocycles. The molecule has 2 aromatic carbocycles. The van der Waals surface area contributed by atoms with Gasteiger partial charge in [0.2, 0.25) is 0 Å². The molecule has 1 aromatic heterocycles. The van der Waals surface area contributed by atoms with E-state index in [9.17, 15) is 16.8 Å². The molecule has 1 unspecified atom stereocenters. The number of hydrogen-bond acceptors (Lipinski definition) is 7. The van der Waals surface area contributed by atoms with Gasteiger partial charge in [-0.1, -0.05) is 54.4 Å². The van der Waals surface area contributed by atoms with E-state index in [0.717, 1.165) is 11.8 Å². The highest BCUT2D eigenvalue weighted by atomic mass is 79.9. The standard InChI is InChI=1S/C24H26BrClN4O4S2/c1-5-14-8-10-19(35(4,31)32)23-21(14)22(16-12-15(26)9-11-18(16)36(33,34)7-3)27-13-20-28-29-24(30(20)23)17(25)6-2/h8-12,17H,5-7,13H2,1-4H3. The minimum absolute atomic E-state index is 0.0743. The molecule has 0 aliphatic carbocycles. The smallest absolute Gasteiger partial charge is 0.178 e. The van der Waals surface area contributed by atoms with Crippen molar-refractivity contribution in [3.05, 3.63) is 63.7 Å². The van der Waals surface area contributed by atoms with Gasteiger partial charge in [-0.15, -0.1) is 10.2 Å². The predicted molar refractivity (Wildman–Crippen MR) is 144 cm³/mol. The monoisotopic (exact) mass is 612 g/mol. The lowest BCUT2D eigenvalue weighted by atomic mass is 9.94. The number of fused-ring (bicyclic) bond motifs is 3. The second-order valence-corrected chi connectivity index (χ2v) is 14.2. The van der Waals surface area contributed by atoms with Crippen LogP contribution in [0.5, 0.6) is 0 Å². The van der Waals surface area contributed by atoms with Crippen molar-refractivity contribution in [2.75, 3.05) is 12.0 Å². The van der Waals surface area contributed by atoms with Gasteiger partial charge in [0.05, 0.1) is 31.8 Å². The van der Waals surface area contributed by atoms with Crippen molar-refractivity contribution >= 4 is 52.9 Å². The number of nitrogens with zero attached hydrogens (tertiary/aromatic N) is 4. The molecule has 4 rings (SSSR count). The first-order valence-electron chi connectivity index (χ1n) is 11.5. The van der Waals surface area contributed by atoms with Gasteiger partial charge in [-0.25, -0.2) is 16.8 Å². The Morgan fingerprint density at radius 1 is 1.06 bits per heavy atom. The summed E-state index contributed by atoms with van der Waals surface area (Å²) in [5.41, 5.74) is 2.41. The van der Waals surface area contributed by atoms with Gasteiger partial charge in [-0.2, -0.15) is 0 Å². The minimum atomic E-state index is -3.70. The molecule has 0 saturated heterocycles. The third-order valence-electron chi connectivity index (χ3n) is 6.15. The maximum absolute atomic E-state index is 13.1. The Bertz CT molecular complexity index is 1600. The number of benzene rings is 2. The predicted octanol–water partition coefficient (Wildman–Crippen LogP) is 4.88. The van der Waals surface area contributed by atoms with Gasteiger partial charge in [0, 0.05) is 22.4 Å². The van der Waals surface area contributed by atoms with Crippen molar-refractivity contribution in [1.82, 2.24) is 14.8 Å². The summed E-state index contributed by atoms with van der Waals surface area (Å²) in [6.07, 6.45) is 2.40. The van der Waals surface area contributed by atoms with E-state index in [4.69, 9.17) is 16.6 Å². The van der Waals surface area contributed by atoms with Gasteiger partial charge in [0.15, 0.2) is 31.3 Å². The van der Waals surface area contributed by atoms with E-state index in [1.807, 2.05) is 13.8 Å². The molecule has 1 aliphatic heterocycles. The summed E-state index contributed by atoms with van der Waals surface area (Å²) in [7, 11) is -7.35. The molecule has 36 heavy (non-hydrogen) atoms. The zero-order valence-corrected chi connectivity index (χ0v) is 24.3. The number of aryl methyl sites for hydroxylation is 1. The largest absolute Gasteiger partial charge is 0.278 e. The van der Waals surface area contributed by atoms with Gasteiger partial charge in [0.1, 0.15) is 6.54 Å². The summed E-state index contributed by atoms with van der Waals surface area (Å²) in [5, 5.41) is 9.03. The van der Waals surface area contributed by atoms with Crippen LogP contribution in [-0.2, 0) is 32.6 Å². The van der Waals surface area contributed by atoms with Crippen LogP contribution in [0.2, 0.25) is 5.02 Å². The molecule has 192 valence electrons. The molecule has 1 atom stereocenters. The van der Waals surface area contributed by atoms with E-state index >= 15 is 0 Å². The van der Waals surface area contributed by atoms with E-state index in [1.54, 1.807) is 29.7 Å². The number of rotatable bonds is 7. The lowest BCUT2D eigenvalue weighted by Gasteiger charge is -2.22. The first-order chi connectivity index (χ1) is 16.9. The van der Waals surface area contributed by atoms with Crippen LogP contribution in [0.3, 0.4) is 0 Å². The molecule has 0 bridgehead atoms. The summed E-state index contributed by atoms with van der Waals surface area (Å²) in [5.74, 6) is 0.901. The molecule has 12 heteroatoms.